The third-order valence-electron chi connectivity index (χ3n) is 2.67. The van der Waals surface area contributed by atoms with Gasteiger partial charge in [0, 0.05) is 11.3 Å². The van der Waals surface area contributed by atoms with E-state index in [1.807, 2.05) is 6.07 Å². The molecule has 1 heterocycles. The van der Waals surface area contributed by atoms with Crippen LogP contribution in [0.2, 0.25) is 0 Å². The molecule has 1 aromatic heterocycles. The second-order valence-electron chi connectivity index (χ2n) is 4.45. The fourth-order valence-electron chi connectivity index (χ4n) is 1.89. The van der Waals surface area contributed by atoms with Crippen molar-refractivity contribution in [3.05, 3.63) is 16.0 Å². The van der Waals surface area contributed by atoms with Gasteiger partial charge in [-0.1, -0.05) is 0 Å². The van der Waals surface area contributed by atoms with Crippen LogP contribution in [0.15, 0.2) is 0 Å². The minimum atomic E-state index is -1.20. The Morgan fingerprint density at radius 1 is 1.24 bits per heavy atom. The predicted octanol–water partition coefficient (Wildman–Crippen LogP) is 1.04. The number of Topliss-reactive ketones (excluding diaryl/α,β-unsaturated/α-hetero) is 1. The summed E-state index contributed by atoms with van der Waals surface area (Å²) in [7, 11) is 0. The summed E-state index contributed by atoms with van der Waals surface area (Å²) in [5.74, 6) is -2.51. The van der Waals surface area contributed by atoms with E-state index in [1.54, 1.807) is 6.92 Å². The van der Waals surface area contributed by atoms with Gasteiger partial charge < -0.3 is 15.1 Å². The minimum Gasteiger partial charge on any atom is -0.480 e. The smallest absolute Gasteiger partial charge is 0.323 e. The summed E-state index contributed by atoms with van der Waals surface area (Å²) in [6, 6.07) is 1.95. The van der Waals surface area contributed by atoms with Crippen LogP contribution in [0.4, 0.5) is 5.00 Å². The second kappa shape index (κ2) is 6.85. The lowest BCUT2D eigenvalue weighted by Crippen LogP contribution is -2.34. The SMILES string of the molecule is CC(=O)Cc1c(C)sc(N(CC(=O)O)CC(=O)O)c1C#N. The van der Waals surface area contributed by atoms with Crippen LogP contribution in [0, 0.1) is 18.3 Å². The summed E-state index contributed by atoms with van der Waals surface area (Å²) in [5.41, 5.74) is 0.709. The van der Waals surface area contributed by atoms with Crippen molar-refractivity contribution in [3.63, 3.8) is 0 Å². The summed E-state index contributed by atoms with van der Waals surface area (Å²) in [6.07, 6.45) is 0.0687. The van der Waals surface area contributed by atoms with Crippen LogP contribution >= 0.6 is 11.3 Å². The van der Waals surface area contributed by atoms with Crippen LogP contribution in [0.3, 0.4) is 0 Å². The fraction of sp³-hybridized carbons (Fsp3) is 0.385. The Bertz CT molecular complexity index is 613. The average molecular weight is 310 g/mol. The van der Waals surface area contributed by atoms with Crippen molar-refractivity contribution in [2.45, 2.75) is 20.3 Å². The number of aryl methyl sites for hydroxylation is 1. The molecule has 0 saturated carbocycles. The van der Waals surface area contributed by atoms with Gasteiger partial charge in [0.25, 0.3) is 0 Å². The number of hydrogen-bond acceptors (Lipinski definition) is 6. The second-order valence-corrected chi connectivity index (χ2v) is 5.65. The maximum absolute atomic E-state index is 11.3. The van der Waals surface area contributed by atoms with Crippen molar-refractivity contribution in [2.24, 2.45) is 0 Å². The quantitative estimate of drug-likeness (QED) is 0.772. The Hall–Kier alpha value is -2.40. The maximum atomic E-state index is 11.3. The van der Waals surface area contributed by atoms with Crippen molar-refractivity contribution in [2.75, 3.05) is 18.0 Å². The highest BCUT2D eigenvalue weighted by Crippen LogP contribution is 2.35. The first kappa shape index (κ1) is 16.7. The van der Waals surface area contributed by atoms with Gasteiger partial charge in [0.15, 0.2) is 0 Å². The number of thiophene rings is 1. The van der Waals surface area contributed by atoms with Gasteiger partial charge in [-0.15, -0.1) is 11.3 Å². The fourth-order valence-corrected chi connectivity index (χ4v) is 3.01. The molecule has 7 nitrogen and oxygen atoms in total. The Morgan fingerprint density at radius 3 is 2.14 bits per heavy atom. The Labute approximate surface area is 125 Å². The molecule has 0 atom stereocenters. The standard InChI is InChI=1S/C13H14N2O5S/c1-7(16)3-9-8(2)21-13(10(9)4-14)15(5-11(17)18)6-12(19)20/h3,5-6H2,1-2H3,(H,17,18)(H,19,20). The number of carboxylic acids is 2. The first-order valence-corrected chi connectivity index (χ1v) is 6.78. The number of carbonyl (C=O) groups excluding carboxylic acids is 1. The first-order chi connectivity index (χ1) is 9.76. The normalized spacial score (nSPS) is 9.95. The van der Waals surface area contributed by atoms with E-state index in [0.29, 0.717) is 10.4 Å². The first-order valence-electron chi connectivity index (χ1n) is 5.96. The monoisotopic (exact) mass is 310 g/mol. The molecule has 0 radical (unpaired) electrons. The summed E-state index contributed by atoms with van der Waals surface area (Å²) in [4.78, 5) is 34.8. The van der Waals surface area contributed by atoms with Crippen molar-refractivity contribution >= 4 is 34.1 Å². The van der Waals surface area contributed by atoms with E-state index in [1.165, 1.54) is 6.92 Å². The highest BCUT2D eigenvalue weighted by atomic mass is 32.1. The molecule has 0 aliphatic carbocycles. The average Bonchev–Trinajstić information content (AvgIpc) is 2.63. The van der Waals surface area contributed by atoms with Gasteiger partial charge in [0.2, 0.25) is 0 Å². The number of nitriles is 1. The van der Waals surface area contributed by atoms with Gasteiger partial charge in [-0.2, -0.15) is 5.26 Å². The highest BCUT2D eigenvalue weighted by Gasteiger charge is 2.24. The van der Waals surface area contributed by atoms with Gasteiger partial charge in [0.1, 0.15) is 29.9 Å². The van der Waals surface area contributed by atoms with Crippen molar-refractivity contribution in [1.82, 2.24) is 0 Å². The van der Waals surface area contributed by atoms with Crippen LogP contribution in [0.25, 0.3) is 0 Å². The number of carboxylic acid groups (broad SMARTS) is 2. The summed E-state index contributed by atoms with van der Waals surface area (Å²) in [5, 5.41) is 27.3. The topological polar surface area (TPSA) is 119 Å². The van der Waals surface area contributed by atoms with Crippen LogP contribution < -0.4 is 4.90 Å². The zero-order valence-corrected chi connectivity index (χ0v) is 12.4. The number of nitrogens with zero attached hydrogens (tertiary/aromatic N) is 2. The van der Waals surface area contributed by atoms with Crippen LogP contribution in [-0.2, 0) is 20.8 Å². The van der Waals surface area contributed by atoms with E-state index in [9.17, 15) is 19.6 Å². The van der Waals surface area contributed by atoms with Crippen LogP contribution in [0.1, 0.15) is 22.9 Å². The number of hydrogen-bond donors (Lipinski definition) is 2. The number of rotatable bonds is 7. The molecule has 0 spiro atoms. The van der Waals surface area contributed by atoms with Gasteiger partial charge >= 0.3 is 11.9 Å². The van der Waals surface area contributed by atoms with E-state index in [-0.39, 0.29) is 22.8 Å². The van der Waals surface area contributed by atoms with Crippen molar-refractivity contribution in [1.29, 1.82) is 5.26 Å². The molecule has 0 aliphatic rings. The van der Waals surface area contributed by atoms with Gasteiger partial charge in [0.05, 0.1) is 5.56 Å². The van der Waals surface area contributed by atoms with E-state index < -0.39 is 25.0 Å². The molecule has 0 unspecified atom stereocenters. The minimum absolute atomic E-state index is 0.0687. The van der Waals surface area contributed by atoms with Gasteiger partial charge in [-0.05, 0) is 19.4 Å². The molecule has 0 fully saturated rings. The molecule has 0 bridgehead atoms. The zero-order chi connectivity index (χ0) is 16.2. The van der Waals surface area contributed by atoms with E-state index in [2.05, 4.69) is 0 Å². The molecule has 1 aromatic rings. The third kappa shape index (κ3) is 4.29. The van der Waals surface area contributed by atoms with Crippen LogP contribution in [-0.4, -0.2) is 41.0 Å². The van der Waals surface area contributed by atoms with E-state index >= 15 is 0 Å². The molecule has 8 heteroatoms. The molecule has 0 aliphatic heterocycles. The molecular weight excluding hydrogens is 296 g/mol. The van der Waals surface area contributed by atoms with Crippen molar-refractivity contribution in [3.8, 4) is 6.07 Å². The molecule has 2 N–H and O–H groups in total. The maximum Gasteiger partial charge on any atom is 0.323 e. The summed E-state index contributed by atoms with van der Waals surface area (Å²) < 4.78 is 0. The number of ketones is 1. The molecule has 0 saturated heterocycles. The number of carbonyl (C=O) groups is 3. The van der Waals surface area contributed by atoms with Crippen LogP contribution in [0.5, 0.6) is 0 Å². The van der Waals surface area contributed by atoms with E-state index in [4.69, 9.17) is 10.2 Å². The molecule has 112 valence electrons. The third-order valence-corrected chi connectivity index (χ3v) is 3.88. The van der Waals surface area contributed by atoms with Gasteiger partial charge in [-0.25, -0.2) is 0 Å². The Morgan fingerprint density at radius 2 is 1.76 bits per heavy atom. The number of anilines is 1. The zero-order valence-electron chi connectivity index (χ0n) is 11.5. The molecule has 0 aromatic carbocycles. The molecule has 1 rings (SSSR count). The summed E-state index contributed by atoms with van der Waals surface area (Å²) >= 11 is 1.12. The lowest BCUT2D eigenvalue weighted by molar-refractivity contribution is -0.136. The lowest BCUT2D eigenvalue weighted by Gasteiger charge is -2.19. The highest BCUT2D eigenvalue weighted by molar-refractivity contribution is 7.16. The molecule has 21 heavy (non-hydrogen) atoms. The molecule has 0 amide bonds. The predicted molar refractivity (Wildman–Crippen MR) is 75.6 cm³/mol. The Kier molecular flexibility index (Phi) is 5.44. The van der Waals surface area contributed by atoms with E-state index in [0.717, 1.165) is 16.2 Å². The largest absolute Gasteiger partial charge is 0.480 e. The lowest BCUT2D eigenvalue weighted by atomic mass is 10.1. The molecular formula is C13H14N2O5S. The summed E-state index contributed by atoms with van der Waals surface area (Å²) in [6.45, 7) is 2.05. The van der Waals surface area contributed by atoms with Gasteiger partial charge in [-0.3, -0.25) is 14.4 Å². The number of aliphatic carboxylic acids is 2. The Balaban J connectivity index is 3.31. The van der Waals surface area contributed by atoms with Crippen molar-refractivity contribution < 1.29 is 24.6 Å².